The quantitative estimate of drug-likeness (QED) is 0.662. The molecule has 1 rings (SSSR count). The van der Waals surface area contributed by atoms with E-state index in [-0.39, 0.29) is 0 Å². The molecule has 0 bridgehead atoms. The molecule has 0 atom stereocenters. The SMILES string of the molecule is CCOC(=O)NCc1cccc(NNC)c1. The van der Waals surface area contributed by atoms with Gasteiger partial charge < -0.3 is 15.5 Å². The molecule has 0 aliphatic carbocycles. The van der Waals surface area contributed by atoms with E-state index in [0.717, 1.165) is 11.3 Å². The molecule has 1 aromatic rings. The number of carbonyl (C=O) groups excluding carboxylic acids is 1. The highest BCUT2D eigenvalue weighted by Gasteiger charge is 2.00. The predicted octanol–water partition coefficient (Wildman–Crippen LogP) is 1.48. The fraction of sp³-hybridized carbons (Fsp3) is 0.364. The van der Waals surface area contributed by atoms with Crippen molar-refractivity contribution >= 4 is 11.8 Å². The molecule has 0 heterocycles. The molecule has 16 heavy (non-hydrogen) atoms. The monoisotopic (exact) mass is 223 g/mol. The molecule has 0 aliphatic rings. The summed E-state index contributed by atoms with van der Waals surface area (Å²) < 4.78 is 4.76. The third kappa shape index (κ3) is 4.18. The molecule has 1 aromatic carbocycles. The summed E-state index contributed by atoms with van der Waals surface area (Å²) in [5.41, 5.74) is 7.76. The molecule has 0 saturated carbocycles. The Balaban J connectivity index is 2.47. The average Bonchev–Trinajstić information content (AvgIpc) is 2.28. The van der Waals surface area contributed by atoms with Crippen molar-refractivity contribution in [3.63, 3.8) is 0 Å². The van der Waals surface area contributed by atoms with Gasteiger partial charge in [0.2, 0.25) is 0 Å². The minimum atomic E-state index is -0.394. The van der Waals surface area contributed by atoms with Gasteiger partial charge in [-0.15, -0.1) is 0 Å². The Morgan fingerprint density at radius 3 is 2.94 bits per heavy atom. The minimum absolute atomic E-state index is 0.382. The molecule has 0 fully saturated rings. The summed E-state index contributed by atoms with van der Waals surface area (Å²) in [5.74, 6) is 0. The number of rotatable bonds is 5. The van der Waals surface area contributed by atoms with Gasteiger partial charge in [0.25, 0.3) is 0 Å². The second-order valence-corrected chi connectivity index (χ2v) is 3.15. The zero-order valence-electron chi connectivity index (χ0n) is 9.54. The number of hydrazine groups is 1. The molecule has 0 unspecified atom stereocenters. The van der Waals surface area contributed by atoms with Gasteiger partial charge in [-0.3, -0.25) is 0 Å². The van der Waals surface area contributed by atoms with Crippen LogP contribution in [0, 0.1) is 0 Å². The number of carbonyl (C=O) groups is 1. The summed E-state index contributed by atoms with van der Waals surface area (Å²) in [6, 6.07) is 7.74. The van der Waals surface area contributed by atoms with Crippen molar-refractivity contribution in [1.29, 1.82) is 0 Å². The first-order chi connectivity index (χ1) is 7.76. The second-order valence-electron chi connectivity index (χ2n) is 3.15. The van der Waals surface area contributed by atoms with E-state index in [9.17, 15) is 4.79 Å². The summed E-state index contributed by atoms with van der Waals surface area (Å²) in [6.07, 6.45) is -0.394. The fourth-order valence-electron chi connectivity index (χ4n) is 1.26. The van der Waals surface area contributed by atoms with E-state index in [4.69, 9.17) is 4.74 Å². The van der Waals surface area contributed by atoms with Gasteiger partial charge in [0.15, 0.2) is 0 Å². The summed E-state index contributed by atoms with van der Waals surface area (Å²) in [6.45, 7) is 2.61. The van der Waals surface area contributed by atoms with Crippen LogP contribution in [-0.4, -0.2) is 19.7 Å². The van der Waals surface area contributed by atoms with Crippen LogP contribution in [0.4, 0.5) is 10.5 Å². The standard InChI is InChI=1S/C11H17N3O2/c1-3-16-11(15)13-8-9-5-4-6-10(7-9)14-12-2/h4-7,12,14H,3,8H2,1-2H3,(H,13,15). The van der Waals surface area contributed by atoms with Crippen LogP contribution < -0.4 is 16.2 Å². The first-order valence-electron chi connectivity index (χ1n) is 5.18. The van der Waals surface area contributed by atoms with Crippen LogP contribution in [0.5, 0.6) is 0 Å². The molecule has 5 heteroatoms. The molecule has 0 aliphatic heterocycles. The predicted molar refractivity (Wildman–Crippen MR) is 63.0 cm³/mol. The maximum absolute atomic E-state index is 11.1. The number of benzene rings is 1. The first kappa shape index (κ1) is 12.3. The zero-order chi connectivity index (χ0) is 11.8. The van der Waals surface area contributed by atoms with Crippen LogP contribution in [0.3, 0.4) is 0 Å². The van der Waals surface area contributed by atoms with Gasteiger partial charge in [-0.05, 0) is 24.6 Å². The molecule has 0 saturated heterocycles. The highest BCUT2D eigenvalue weighted by molar-refractivity contribution is 5.67. The number of nitrogens with one attached hydrogen (secondary N) is 3. The molecule has 0 radical (unpaired) electrons. The van der Waals surface area contributed by atoms with Crippen LogP contribution in [-0.2, 0) is 11.3 Å². The van der Waals surface area contributed by atoms with Crippen molar-refractivity contribution in [2.75, 3.05) is 19.1 Å². The van der Waals surface area contributed by atoms with E-state index in [1.807, 2.05) is 24.3 Å². The van der Waals surface area contributed by atoms with Crippen LogP contribution in [0.25, 0.3) is 0 Å². The average molecular weight is 223 g/mol. The molecule has 0 spiro atoms. The van der Waals surface area contributed by atoms with Crippen LogP contribution in [0.15, 0.2) is 24.3 Å². The van der Waals surface area contributed by atoms with Crippen LogP contribution >= 0.6 is 0 Å². The molecule has 0 aromatic heterocycles. The Labute approximate surface area is 95.2 Å². The number of amides is 1. The van der Waals surface area contributed by atoms with E-state index >= 15 is 0 Å². The molecule has 88 valence electrons. The van der Waals surface area contributed by atoms with E-state index in [2.05, 4.69) is 16.2 Å². The third-order valence-corrected chi connectivity index (χ3v) is 1.91. The molecule has 3 N–H and O–H groups in total. The molecule has 5 nitrogen and oxygen atoms in total. The highest BCUT2D eigenvalue weighted by Crippen LogP contribution is 2.09. The normalized spacial score (nSPS) is 9.62. The van der Waals surface area contributed by atoms with Gasteiger partial charge in [0.1, 0.15) is 0 Å². The van der Waals surface area contributed by atoms with E-state index in [0.29, 0.717) is 13.2 Å². The molecular formula is C11H17N3O2. The van der Waals surface area contributed by atoms with Crippen molar-refractivity contribution < 1.29 is 9.53 Å². The minimum Gasteiger partial charge on any atom is -0.450 e. The summed E-state index contributed by atoms with van der Waals surface area (Å²) in [5, 5.41) is 2.66. The van der Waals surface area contributed by atoms with Crippen LogP contribution in [0.2, 0.25) is 0 Å². The largest absolute Gasteiger partial charge is 0.450 e. The van der Waals surface area contributed by atoms with Gasteiger partial charge in [-0.25, -0.2) is 10.2 Å². The number of alkyl carbamates (subject to hydrolysis) is 1. The van der Waals surface area contributed by atoms with Gasteiger partial charge >= 0.3 is 6.09 Å². The fourth-order valence-corrected chi connectivity index (χ4v) is 1.26. The number of hydrogen-bond donors (Lipinski definition) is 3. The highest BCUT2D eigenvalue weighted by atomic mass is 16.5. The van der Waals surface area contributed by atoms with Crippen molar-refractivity contribution in [2.24, 2.45) is 0 Å². The smallest absolute Gasteiger partial charge is 0.407 e. The van der Waals surface area contributed by atoms with E-state index < -0.39 is 6.09 Å². The maximum atomic E-state index is 11.1. The van der Waals surface area contributed by atoms with Crippen molar-refractivity contribution in [3.05, 3.63) is 29.8 Å². The lowest BCUT2D eigenvalue weighted by Gasteiger charge is -2.08. The van der Waals surface area contributed by atoms with E-state index in [1.54, 1.807) is 14.0 Å². The van der Waals surface area contributed by atoms with Gasteiger partial charge in [0.05, 0.1) is 6.61 Å². The summed E-state index contributed by atoms with van der Waals surface area (Å²) >= 11 is 0. The Bertz CT molecular complexity index is 342. The van der Waals surface area contributed by atoms with Crippen molar-refractivity contribution in [1.82, 2.24) is 10.7 Å². The Morgan fingerprint density at radius 1 is 1.44 bits per heavy atom. The van der Waals surface area contributed by atoms with E-state index in [1.165, 1.54) is 0 Å². The van der Waals surface area contributed by atoms with Gasteiger partial charge in [0, 0.05) is 19.3 Å². The van der Waals surface area contributed by atoms with Crippen LogP contribution in [0.1, 0.15) is 12.5 Å². The maximum Gasteiger partial charge on any atom is 0.407 e. The molecule has 1 amide bonds. The topological polar surface area (TPSA) is 62.4 Å². The molecular weight excluding hydrogens is 206 g/mol. The Hall–Kier alpha value is -1.75. The second kappa shape index (κ2) is 6.68. The lowest BCUT2D eigenvalue weighted by molar-refractivity contribution is 0.151. The van der Waals surface area contributed by atoms with Crippen molar-refractivity contribution in [2.45, 2.75) is 13.5 Å². The summed E-state index contributed by atoms with van der Waals surface area (Å²) in [4.78, 5) is 11.1. The third-order valence-electron chi connectivity index (χ3n) is 1.91. The summed E-state index contributed by atoms with van der Waals surface area (Å²) in [7, 11) is 1.80. The van der Waals surface area contributed by atoms with Gasteiger partial charge in [-0.1, -0.05) is 12.1 Å². The number of anilines is 1. The van der Waals surface area contributed by atoms with Gasteiger partial charge in [-0.2, -0.15) is 0 Å². The number of hydrogen-bond acceptors (Lipinski definition) is 4. The lowest BCUT2D eigenvalue weighted by atomic mass is 10.2. The Kier molecular flexibility index (Phi) is 5.15. The lowest BCUT2D eigenvalue weighted by Crippen LogP contribution is -2.23. The van der Waals surface area contributed by atoms with Crippen molar-refractivity contribution in [3.8, 4) is 0 Å². The number of ether oxygens (including phenoxy) is 1. The Morgan fingerprint density at radius 2 is 2.25 bits per heavy atom. The first-order valence-corrected chi connectivity index (χ1v) is 5.18. The zero-order valence-corrected chi connectivity index (χ0v) is 9.54.